The molecule has 0 aliphatic carbocycles. The standard InChI is InChI=1S/C22H27N5O4S2/c1-14(2)26-33(29,30)19-12-8-17(9-13-19)23-21(28)15(3)32-22-25-24-20(27(22)4)16-6-10-18(31-5)11-7-16/h6-15,26H,1-5H3,(H,23,28)/t15-/m0/s1. The van der Waals surface area contributed by atoms with E-state index < -0.39 is 15.3 Å². The zero-order valence-corrected chi connectivity index (χ0v) is 20.7. The van der Waals surface area contributed by atoms with Crippen LogP contribution in [0.5, 0.6) is 5.75 Å². The Balaban J connectivity index is 1.65. The summed E-state index contributed by atoms with van der Waals surface area (Å²) >= 11 is 1.28. The van der Waals surface area contributed by atoms with Crippen LogP contribution in [-0.4, -0.2) is 47.5 Å². The fourth-order valence-corrected chi connectivity index (χ4v) is 5.03. The average Bonchev–Trinajstić information content (AvgIpc) is 3.13. The Labute approximate surface area is 198 Å². The van der Waals surface area contributed by atoms with Crippen molar-refractivity contribution < 1.29 is 17.9 Å². The summed E-state index contributed by atoms with van der Waals surface area (Å²) in [6, 6.07) is 13.3. The van der Waals surface area contributed by atoms with Crippen LogP contribution in [0.1, 0.15) is 20.8 Å². The summed E-state index contributed by atoms with van der Waals surface area (Å²) in [5.74, 6) is 1.20. The molecule has 2 aromatic carbocycles. The maximum absolute atomic E-state index is 12.7. The molecule has 3 rings (SSSR count). The Morgan fingerprint density at radius 3 is 2.24 bits per heavy atom. The van der Waals surface area contributed by atoms with Gasteiger partial charge >= 0.3 is 0 Å². The summed E-state index contributed by atoms with van der Waals surface area (Å²) in [5.41, 5.74) is 1.39. The minimum Gasteiger partial charge on any atom is -0.497 e. The Bertz CT molecular complexity index is 1210. The first-order valence-corrected chi connectivity index (χ1v) is 12.6. The first-order valence-electron chi connectivity index (χ1n) is 10.2. The van der Waals surface area contributed by atoms with Gasteiger partial charge in [-0.15, -0.1) is 10.2 Å². The number of methoxy groups -OCH3 is 1. The molecule has 0 aliphatic rings. The lowest BCUT2D eigenvalue weighted by molar-refractivity contribution is -0.115. The molecule has 1 amide bonds. The van der Waals surface area contributed by atoms with Crippen LogP contribution in [0.2, 0.25) is 0 Å². The number of sulfonamides is 1. The third-order valence-electron chi connectivity index (χ3n) is 4.66. The number of benzene rings is 2. The lowest BCUT2D eigenvalue weighted by Gasteiger charge is -2.13. The lowest BCUT2D eigenvalue weighted by Crippen LogP contribution is -2.30. The fraction of sp³-hybridized carbons (Fsp3) is 0.318. The van der Waals surface area contributed by atoms with Crippen LogP contribution in [0.3, 0.4) is 0 Å². The first-order chi connectivity index (χ1) is 15.6. The maximum atomic E-state index is 12.7. The van der Waals surface area contributed by atoms with Gasteiger partial charge in [0.2, 0.25) is 15.9 Å². The molecule has 33 heavy (non-hydrogen) atoms. The molecule has 0 aliphatic heterocycles. The highest BCUT2D eigenvalue weighted by Crippen LogP contribution is 2.27. The number of thioether (sulfide) groups is 1. The van der Waals surface area contributed by atoms with E-state index in [0.29, 0.717) is 16.7 Å². The second kappa shape index (κ2) is 10.4. The van der Waals surface area contributed by atoms with Gasteiger partial charge in [-0.25, -0.2) is 13.1 Å². The summed E-state index contributed by atoms with van der Waals surface area (Å²) < 4.78 is 34.0. The molecular formula is C22H27N5O4S2. The van der Waals surface area contributed by atoms with Gasteiger partial charge in [0.15, 0.2) is 11.0 Å². The Hall–Kier alpha value is -2.89. The van der Waals surface area contributed by atoms with E-state index in [9.17, 15) is 13.2 Å². The quantitative estimate of drug-likeness (QED) is 0.443. The molecule has 2 N–H and O–H groups in total. The smallest absolute Gasteiger partial charge is 0.240 e. The van der Waals surface area contributed by atoms with Crippen molar-refractivity contribution in [3.63, 3.8) is 0 Å². The van der Waals surface area contributed by atoms with E-state index in [-0.39, 0.29) is 16.8 Å². The lowest BCUT2D eigenvalue weighted by atomic mass is 10.2. The van der Waals surface area contributed by atoms with Gasteiger partial charge in [-0.3, -0.25) is 4.79 Å². The zero-order valence-electron chi connectivity index (χ0n) is 19.1. The van der Waals surface area contributed by atoms with Gasteiger partial charge in [0.05, 0.1) is 17.3 Å². The molecule has 9 nitrogen and oxygen atoms in total. The van der Waals surface area contributed by atoms with Crippen molar-refractivity contribution in [2.75, 3.05) is 12.4 Å². The number of aromatic nitrogens is 3. The number of nitrogens with one attached hydrogen (secondary N) is 2. The van der Waals surface area contributed by atoms with E-state index in [1.54, 1.807) is 40.0 Å². The van der Waals surface area contributed by atoms with Crippen LogP contribution in [0.4, 0.5) is 5.69 Å². The Kier molecular flexibility index (Phi) is 7.77. The van der Waals surface area contributed by atoms with Crippen molar-refractivity contribution >= 4 is 33.4 Å². The zero-order chi connectivity index (χ0) is 24.2. The van der Waals surface area contributed by atoms with Crippen molar-refractivity contribution in [3.05, 3.63) is 48.5 Å². The molecule has 0 radical (unpaired) electrons. The SMILES string of the molecule is COc1ccc(-c2nnc(S[C@@H](C)C(=O)Nc3ccc(S(=O)(=O)NC(C)C)cc3)n2C)cc1. The van der Waals surface area contributed by atoms with Crippen molar-refractivity contribution in [2.45, 2.75) is 42.1 Å². The van der Waals surface area contributed by atoms with E-state index in [1.807, 2.05) is 35.9 Å². The van der Waals surface area contributed by atoms with E-state index in [0.717, 1.165) is 11.3 Å². The van der Waals surface area contributed by atoms with Gasteiger partial charge in [-0.2, -0.15) is 0 Å². The number of nitrogens with zero attached hydrogens (tertiary/aromatic N) is 3. The van der Waals surface area contributed by atoms with Crippen molar-refractivity contribution in [3.8, 4) is 17.1 Å². The Morgan fingerprint density at radius 2 is 1.67 bits per heavy atom. The number of hydrogen-bond donors (Lipinski definition) is 2. The van der Waals surface area contributed by atoms with Crippen molar-refractivity contribution in [1.29, 1.82) is 0 Å². The highest BCUT2D eigenvalue weighted by atomic mass is 32.2. The van der Waals surface area contributed by atoms with E-state index in [4.69, 9.17) is 4.74 Å². The number of carbonyl (C=O) groups excluding carboxylic acids is 1. The number of hydrogen-bond acceptors (Lipinski definition) is 7. The number of rotatable bonds is 9. The molecule has 11 heteroatoms. The summed E-state index contributed by atoms with van der Waals surface area (Å²) in [7, 11) is -0.129. The molecule has 0 saturated carbocycles. The van der Waals surface area contributed by atoms with Gasteiger partial charge in [0.1, 0.15) is 5.75 Å². The number of ether oxygens (including phenoxy) is 1. The van der Waals surface area contributed by atoms with Gasteiger partial charge in [-0.05, 0) is 69.3 Å². The summed E-state index contributed by atoms with van der Waals surface area (Å²) in [5, 5.41) is 11.4. The van der Waals surface area contributed by atoms with Crippen LogP contribution in [-0.2, 0) is 21.9 Å². The molecule has 0 spiro atoms. The molecule has 176 valence electrons. The predicted octanol–water partition coefficient (Wildman–Crippen LogP) is 3.30. The van der Waals surface area contributed by atoms with E-state index in [1.165, 1.54) is 23.9 Å². The average molecular weight is 490 g/mol. The van der Waals surface area contributed by atoms with E-state index in [2.05, 4.69) is 20.2 Å². The topological polar surface area (TPSA) is 115 Å². The van der Waals surface area contributed by atoms with Crippen LogP contribution < -0.4 is 14.8 Å². The van der Waals surface area contributed by atoms with E-state index >= 15 is 0 Å². The molecule has 1 atom stereocenters. The fourth-order valence-electron chi connectivity index (χ4n) is 2.96. The molecule has 0 unspecified atom stereocenters. The van der Waals surface area contributed by atoms with Gasteiger partial charge < -0.3 is 14.6 Å². The Morgan fingerprint density at radius 1 is 1.03 bits per heavy atom. The molecule has 0 saturated heterocycles. The predicted molar refractivity (Wildman–Crippen MR) is 129 cm³/mol. The maximum Gasteiger partial charge on any atom is 0.240 e. The second-order valence-electron chi connectivity index (χ2n) is 7.64. The summed E-state index contributed by atoms with van der Waals surface area (Å²) in [6.07, 6.45) is 0. The minimum atomic E-state index is -3.58. The normalized spacial score (nSPS) is 12.5. The molecule has 0 bridgehead atoms. The van der Waals surface area contributed by atoms with Gasteiger partial charge in [-0.1, -0.05) is 11.8 Å². The summed E-state index contributed by atoms with van der Waals surface area (Å²) in [6.45, 7) is 5.28. The van der Waals surface area contributed by atoms with Crippen molar-refractivity contribution in [2.24, 2.45) is 7.05 Å². The van der Waals surface area contributed by atoms with Crippen LogP contribution in [0, 0.1) is 0 Å². The third kappa shape index (κ3) is 6.12. The van der Waals surface area contributed by atoms with Crippen LogP contribution in [0.25, 0.3) is 11.4 Å². The van der Waals surface area contributed by atoms with Gasteiger partial charge in [0, 0.05) is 24.3 Å². The second-order valence-corrected chi connectivity index (χ2v) is 10.7. The highest BCUT2D eigenvalue weighted by Gasteiger charge is 2.20. The molecular weight excluding hydrogens is 462 g/mol. The third-order valence-corrected chi connectivity index (χ3v) is 7.47. The monoisotopic (exact) mass is 489 g/mol. The first kappa shape index (κ1) is 24.7. The molecule has 3 aromatic rings. The van der Waals surface area contributed by atoms with Crippen molar-refractivity contribution in [1.82, 2.24) is 19.5 Å². The molecule has 0 fully saturated rings. The molecule has 1 heterocycles. The summed E-state index contributed by atoms with van der Waals surface area (Å²) in [4.78, 5) is 12.8. The molecule has 1 aromatic heterocycles. The minimum absolute atomic E-state index is 0.141. The number of carbonyl (C=O) groups is 1. The van der Waals surface area contributed by atoms with Crippen LogP contribution >= 0.6 is 11.8 Å². The van der Waals surface area contributed by atoms with Crippen LogP contribution in [0.15, 0.2) is 58.6 Å². The largest absolute Gasteiger partial charge is 0.497 e. The highest BCUT2D eigenvalue weighted by molar-refractivity contribution is 8.00. The number of amides is 1. The number of anilines is 1. The van der Waals surface area contributed by atoms with Gasteiger partial charge in [0.25, 0.3) is 0 Å².